The third-order valence-electron chi connectivity index (χ3n) is 4.30. The van der Waals surface area contributed by atoms with Crippen molar-refractivity contribution >= 4 is 28.2 Å². The molecule has 1 aliphatic carbocycles. The zero-order valence-electron chi connectivity index (χ0n) is 13.6. The molecule has 1 aliphatic rings. The van der Waals surface area contributed by atoms with Crippen LogP contribution in [0.5, 0.6) is 5.75 Å². The molecular weight excluding hydrogens is 326 g/mol. The second-order valence-electron chi connectivity index (χ2n) is 5.90. The van der Waals surface area contributed by atoms with Crippen molar-refractivity contribution < 1.29 is 19.4 Å². The number of amides is 1. The van der Waals surface area contributed by atoms with Gasteiger partial charge in [-0.3, -0.25) is 4.79 Å². The van der Waals surface area contributed by atoms with Gasteiger partial charge in [-0.15, -0.1) is 11.3 Å². The lowest BCUT2D eigenvalue weighted by Gasteiger charge is -2.11. The molecule has 0 aliphatic heterocycles. The van der Waals surface area contributed by atoms with Gasteiger partial charge in [-0.1, -0.05) is 12.1 Å². The quantitative estimate of drug-likeness (QED) is 0.869. The predicted octanol–water partition coefficient (Wildman–Crippen LogP) is 3.57. The van der Waals surface area contributed by atoms with E-state index in [-0.39, 0.29) is 18.1 Å². The molecule has 0 radical (unpaired) electrons. The average Bonchev–Trinajstić information content (AvgIpc) is 3.08. The number of fused-ring (bicyclic) bond motifs is 1. The lowest BCUT2D eigenvalue weighted by atomic mass is 10.1. The first kappa shape index (κ1) is 16.5. The number of carboxylic acid groups (broad SMARTS) is 1. The number of anilines is 1. The van der Waals surface area contributed by atoms with Crippen molar-refractivity contribution in [2.45, 2.75) is 33.1 Å². The maximum atomic E-state index is 12.2. The summed E-state index contributed by atoms with van der Waals surface area (Å²) in [4.78, 5) is 24.7. The van der Waals surface area contributed by atoms with E-state index in [0.29, 0.717) is 10.8 Å². The zero-order valence-corrected chi connectivity index (χ0v) is 14.5. The van der Waals surface area contributed by atoms with Crippen LogP contribution in [0.4, 0.5) is 5.00 Å². The molecule has 24 heavy (non-hydrogen) atoms. The number of carboxylic acids is 1. The fourth-order valence-electron chi connectivity index (χ4n) is 2.91. The number of aromatic carboxylic acids is 1. The van der Waals surface area contributed by atoms with Crippen molar-refractivity contribution in [2.24, 2.45) is 0 Å². The van der Waals surface area contributed by atoms with E-state index in [1.165, 1.54) is 11.3 Å². The van der Waals surface area contributed by atoms with Crippen molar-refractivity contribution in [2.75, 3.05) is 11.9 Å². The molecule has 2 aromatic rings. The predicted molar refractivity (Wildman–Crippen MR) is 93.3 cm³/mol. The van der Waals surface area contributed by atoms with Crippen molar-refractivity contribution in [3.8, 4) is 5.75 Å². The highest BCUT2D eigenvalue weighted by molar-refractivity contribution is 7.17. The number of rotatable bonds is 5. The summed E-state index contributed by atoms with van der Waals surface area (Å²) in [6, 6.07) is 5.68. The van der Waals surface area contributed by atoms with Crippen molar-refractivity contribution in [3.05, 3.63) is 45.3 Å². The minimum Gasteiger partial charge on any atom is -0.483 e. The van der Waals surface area contributed by atoms with Gasteiger partial charge in [-0.2, -0.15) is 0 Å². The Labute approximate surface area is 144 Å². The van der Waals surface area contributed by atoms with Crippen LogP contribution >= 0.6 is 11.3 Å². The van der Waals surface area contributed by atoms with Crippen molar-refractivity contribution in [1.29, 1.82) is 0 Å². The first-order valence-electron chi connectivity index (χ1n) is 7.84. The minimum absolute atomic E-state index is 0.147. The van der Waals surface area contributed by atoms with E-state index >= 15 is 0 Å². The molecule has 0 atom stereocenters. The van der Waals surface area contributed by atoms with Crippen molar-refractivity contribution in [1.82, 2.24) is 0 Å². The molecule has 3 rings (SSSR count). The molecule has 6 heteroatoms. The number of hydrogen-bond acceptors (Lipinski definition) is 4. The van der Waals surface area contributed by atoms with E-state index in [9.17, 15) is 14.7 Å². The van der Waals surface area contributed by atoms with Gasteiger partial charge in [0.2, 0.25) is 0 Å². The van der Waals surface area contributed by atoms with E-state index in [4.69, 9.17) is 4.74 Å². The molecule has 0 bridgehead atoms. The Morgan fingerprint density at radius 3 is 2.83 bits per heavy atom. The largest absolute Gasteiger partial charge is 0.483 e. The smallest absolute Gasteiger partial charge is 0.339 e. The van der Waals surface area contributed by atoms with Gasteiger partial charge in [0.15, 0.2) is 6.61 Å². The topological polar surface area (TPSA) is 75.6 Å². The normalized spacial score (nSPS) is 12.8. The van der Waals surface area contributed by atoms with Gasteiger partial charge < -0.3 is 15.2 Å². The third-order valence-corrected chi connectivity index (χ3v) is 5.51. The monoisotopic (exact) mass is 345 g/mol. The zero-order chi connectivity index (χ0) is 17.3. The maximum absolute atomic E-state index is 12.2. The number of carbonyl (C=O) groups is 2. The molecule has 126 valence electrons. The Morgan fingerprint density at radius 2 is 2.08 bits per heavy atom. The van der Waals surface area contributed by atoms with Crippen LogP contribution in [0.1, 0.15) is 38.3 Å². The number of ether oxygens (including phenoxy) is 1. The van der Waals surface area contributed by atoms with Crippen LogP contribution in [0.15, 0.2) is 18.2 Å². The van der Waals surface area contributed by atoms with E-state index in [1.807, 2.05) is 32.0 Å². The number of benzene rings is 1. The van der Waals surface area contributed by atoms with Gasteiger partial charge in [0.25, 0.3) is 5.91 Å². The molecule has 0 unspecified atom stereocenters. The lowest BCUT2D eigenvalue weighted by molar-refractivity contribution is -0.118. The summed E-state index contributed by atoms with van der Waals surface area (Å²) >= 11 is 1.36. The van der Waals surface area contributed by atoms with E-state index < -0.39 is 5.97 Å². The third kappa shape index (κ3) is 3.14. The van der Waals surface area contributed by atoms with Gasteiger partial charge in [-0.25, -0.2) is 4.79 Å². The SMILES string of the molecule is Cc1cccc(OCC(=O)Nc2sc3c(c2C(=O)O)CCC3)c1C. The number of thiophene rings is 1. The van der Waals surface area contributed by atoms with E-state index in [2.05, 4.69) is 5.32 Å². The van der Waals surface area contributed by atoms with E-state index in [1.54, 1.807) is 0 Å². The minimum atomic E-state index is -0.986. The highest BCUT2D eigenvalue weighted by Gasteiger charge is 2.27. The first-order chi connectivity index (χ1) is 11.5. The summed E-state index contributed by atoms with van der Waals surface area (Å²) in [5.41, 5.74) is 3.20. The highest BCUT2D eigenvalue weighted by Crippen LogP contribution is 2.39. The lowest BCUT2D eigenvalue weighted by Crippen LogP contribution is -2.21. The van der Waals surface area contributed by atoms with Crippen molar-refractivity contribution in [3.63, 3.8) is 0 Å². The Hall–Kier alpha value is -2.34. The Balaban J connectivity index is 1.70. The molecule has 1 heterocycles. The summed E-state index contributed by atoms with van der Waals surface area (Å²) in [7, 11) is 0. The second-order valence-corrected chi connectivity index (χ2v) is 7.01. The van der Waals surface area contributed by atoms with Crippen LogP contribution in [0.2, 0.25) is 0 Å². The standard InChI is InChI=1S/C18H19NO4S/c1-10-5-3-7-13(11(10)2)23-9-15(20)19-17-16(18(21)22)12-6-4-8-14(12)24-17/h3,5,7H,4,6,8-9H2,1-2H3,(H,19,20)(H,21,22). The van der Waals surface area contributed by atoms with Crippen LogP contribution in [-0.4, -0.2) is 23.6 Å². The highest BCUT2D eigenvalue weighted by atomic mass is 32.1. The molecule has 1 aromatic heterocycles. The van der Waals surface area contributed by atoms with Crippen LogP contribution in [0, 0.1) is 13.8 Å². The van der Waals surface area contributed by atoms with Gasteiger partial charge >= 0.3 is 5.97 Å². The maximum Gasteiger partial charge on any atom is 0.339 e. The summed E-state index contributed by atoms with van der Waals surface area (Å²) in [6.45, 7) is 3.77. The summed E-state index contributed by atoms with van der Waals surface area (Å²) < 4.78 is 5.57. The summed E-state index contributed by atoms with van der Waals surface area (Å²) in [5, 5.41) is 12.5. The molecule has 5 nitrogen and oxygen atoms in total. The number of carbonyl (C=O) groups excluding carboxylic acids is 1. The van der Waals surface area contributed by atoms with E-state index in [0.717, 1.165) is 40.8 Å². The van der Waals surface area contributed by atoms with Gasteiger partial charge in [0.05, 0.1) is 5.56 Å². The molecule has 0 saturated heterocycles. The van der Waals surface area contributed by atoms with Gasteiger partial charge in [-0.05, 0) is 55.9 Å². The summed E-state index contributed by atoms with van der Waals surface area (Å²) in [5.74, 6) is -0.671. The molecule has 1 amide bonds. The molecule has 2 N–H and O–H groups in total. The Kier molecular flexibility index (Phi) is 4.57. The second kappa shape index (κ2) is 6.65. The molecule has 0 fully saturated rings. The van der Waals surface area contributed by atoms with Crippen LogP contribution in [-0.2, 0) is 17.6 Å². The van der Waals surface area contributed by atoms with Crippen LogP contribution in [0.25, 0.3) is 0 Å². The Morgan fingerprint density at radius 1 is 1.29 bits per heavy atom. The molecular formula is C18H19NO4S. The fraction of sp³-hybridized carbons (Fsp3) is 0.333. The fourth-order valence-corrected chi connectivity index (χ4v) is 4.20. The number of hydrogen-bond donors (Lipinski definition) is 2. The number of nitrogens with one attached hydrogen (secondary N) is 1. The molecule has 1 aromatic carbocycles. The Bertz CT molecular complexity index is 810. The van der Waals surface area contributed by atoms with Crippen LogP contribution < -0.4 is 10.1 Å². The van der Waals surface area contributed by atoms with Crippen LogP contribution in [0.3, 0.4) is 0 Å². The average molecular weight is 345 g/mol. The van der Waals surface area contributed by atoms with Gasteiger partial charge in [0, 0.05) is 4.88 Å². The molecule has 0 saturated carbocycles. The van der Waals surface area contributed by atoms with Gasteiger partial charge in [0.1, 0.15) is 10.8 Å². The first-order valence-corrected chi connectivity index (χ1v) is 8.65. The number of aryl methyl sites for hydroxylation is 2. The molecule has 0 spiro atoms. The summed E-state index contributed by atoms with van der Waals surface area (Å²) in [6.07, 6.45) is 2.63.